The number of aryl methyl sites for hydroxylation is 1. The van der Waals surface area contributed by atoms with Gasteiger partial charge in [-0.15, -0.1) is 21.8 Å². The van der Waals surface area contributed by atoms with Crippen molar-refractivity contribution < 1.29 is 0 Å². The number of alkyl halides is 1. The van der Waals surface area contributed by atoms with Crippen LogP contribution in [0.3, 0.4) is 0 Å². The molecule has 0 atom stereocenters. The molecule has 0 N–H and O–H groups in total. The van der Waals surface area contributed by atoms with E-state index in [4.69, 9.17) is 11.6 Å². The van der Waals surface area contributed by atoms with Gasteiger partial charge in [0.15, 0.2) is 0 Å². The maximum atomic E-state index is 5.72. The Labute approximate surface area is 113 Å². The molecule has 0 spiro atoms. The van der Waals surface area contributed by atoms with Gasteiger partial charge in [-0.25, -0.2) is 0 Å². The van der Waals surface area contributed by atoms with Gasteiger partial charge in [-0.1, -0.05) is 29.5 Å². The van der Waals surface area contributed by atoms with E-state index in [-0.39, 0.29) is 0 Å². The Morgan fingerprint density at radius 2 is 2.06 bits per heavy atom. The van der Waals surface area contributed by atoms with Crippen LogP contribution in [0.25, 0.3) is 21.5 Å². The molecule has 0 fully saturated rings. The van der Waals surface area contributed by atoms with Crippen LogP contribution in [0.5, 0.6) is 0 Å². The third-order valence-corrected chi connectivity index (χ3v) is 3.86. The minimum Gasteiger partial charge on any atom is -0.256 e. The fourth-order valence-corrected chi connectivity index (χ4v) is 3.00. The molecule has 2 aromatic heterocycles. The smallest absolute Gasteiger partial charge is 0.148 e. The molecule has 0 aliphatic carbocycles. The van der Waals surface area contributed by atoms with Crippen molar-refractivity contribution in [3.8, 4) is 10.6 Å². The van der Waals surface area contributed by atoms with Gasteiger partial charge in [0.1, 0.15) is 10.0 Å². The molecule has 90 valence electrons. The Morgan fingerprint density at radius 1 is 1.11 bits per heavy atom. The molecule has 0 unspecified atom stereocenters. The van der Waals surface area contributed by atoms with Crippen molar-refractivity contribution in [2.24, 2.45) is 0 Å². The maximum absolute atomic E-state index is 5.72. The average Bonchev–Trinajstić information content (AvgIpc) is 2.87. The first kappa shape index (κ1) is 11.6. The molecular weight excluding hydrogens is 266 g/mol. The molecule has 18 heavy (non-hydrogen) atoms. The number of pyridine rings is 1. The predicted octanol–water partition coefficient (Wildman–Crippen LogP) is 3.53. The normalized spacial score (nSPS) is 10.9. The van der Waals surface area contributed by atoms with Crippen LogP contribution in [-0.4, -0.2) is 21.1 Å². The van der Waals surface area contributed by atoms with Gasteiger partial charge in [0, 0.05) is 29.4 Å². The maximum Gasteiger partial charge on any atom is 0.148 e. The molecule has 0 aliphatic heterocycles. The van der Waals surface area contributed by atoms with E-state index in [1.54, 1.807) is 17.5 Å². The molecule has 3 nitrogen and oxygen atoms in total. The number of fused-ring (bicyclic) bond motifs is 1. The van der Waals surface area contributed by atoms with Crippen LogP contribution >= 0.6 is 22.9 Å². The summed E-state index contributed by atoms with van der Waals surface area (Å²) >= 11 is 7.31. The lowest BCUT2D eigenvalue weighted by Gasteiger charge is -2.01. The lowest BCUT2D eigenvalue weighted by atomic mass is 10.1. The fourth-order valence-electron chi connectivity index (χ4n) is 1.83. The van der Waals surface area contributed by atoms with E-state index >= 15 is 0 Å². The van der Waals surface area contributed by atoms with Gasteiger partial charge in [-0.2, -0.15) is 0 Å². The number of nitrogens with zero attached hydrogens (tertiary/aromatic N) is 3. The second-order valence-electron chi connectivity index (χ2n) is 3.82. The van der Waals surface area contributed by atoms with E-state index in [2.05, 4.69) is 27.3 Å². The quantitative estimate of drug-likeness (QED) is 0.686. The average molecular weight is 276 g/mol. The van der Waals surface area contributed by atoms with E-state index in [0.717, 1.165) is 32.9 Å². The minimum absolute atomic E-state index is 0.575. The molecule has 3 rings (SSSR count). The molecular formula is C13H10ClN3S. The predicted molar refractivity (Wildman–Crippen MR) is 75.1 cm³/mol. The topological polar surface area (TPSA) is 38.7 Å². The van der Waals surface area contributed by atoms with E-state index in [1.165, 1.54) is 0 Å². The standard InChI is InChI=1S/C13H10ClN3S/c14-7-6-12-16-17-13(18-12)10-3-1-5-11-9(10)4-2-8-15-11/h1-5,8H,6-7H2. The third-order valence-electron chi connectivity index (χ3n) is 2.65. The van der Waals surface area contributed by atoms with Crippen LogP contribution in [0.4, 0.5) is 0 Å². The number of hydrogen-bond acceptors (Lipinski definition) is 4. The van der Waals surface area contributed by atoms with Crippen LogP contribution in [0, 0.1) is 0 Å². The summed E-state index contributed by atoms with van der Waals surface area (Å²) < 4.78 is 0. The first-order valence-electron chi connectivity index (χ1n) is 5.61. The monoisotopic (exact) mass is 275 g/mol. The number of halogens is 1. The number of aromatic nitrogens is 3. The Balaban J connectivity index is 2.12. The first-order valence-corrected chi connectivity index (χ1v) is 6.96. The van der Waals surface area contributed by atoms with E-state index in [9.17, 15) is 0 Å². The van der Waals surface area contributed by atoms with Crippen molar-refractivity contribution in [3.63, 3.8) is 0 Å². The van der Waals surface area contributed by atoms with Crippen molar-refractivity contribution in [3.05, 3.63) is 41.5 Å². The van der Waals surface area contributed by atoms with Crippen LogP contribution in [-0.2, 0) is 6.42 Å². The lowest BCUT2D eigenvalue weighted by Crippen LogP contribution is -1.83. The van der Waals surface area contributed by atoms with Crippen LogP contribution in [0.15, 0.2) is 36.5 Å². The second-order valence-corrected chi connectivity index (χ2v) is 5.26. The van der Waals surface area contributed by atoms with Gasteiger partial charge < -0.3 is 0 Å². The summed E-state index contributed by atoms with van der Waals surface area (Å²) in [5.74, 6) is 0.575. The molecule has 5 heteroatoms. The summed E-state index contributed by atoms with van der Waals surface area (Å²) in [6.45, 7) is 0. The van der Waals surface area contributed by atoms with Crippen LogP contribution in [0.1, 0.15) is 5.01 Å². The zero-order valence-electron chi connectivity index (χ0n) is 9.51. The highest BCUT2D eigenvalue weighted by Gasteiger charge is 2.09. The highest BCUT2D eigenvalue weighted by molar-refractivity contribution is 7.14. The van der Waals surface area contributed by atoms with Gasteiger partial charge in [0.25, 0.3) is 0 Å². The molecule has 0 aliphatic rings. The van der Waals surface area contributed by atoms with Gasteiger partial charge >= 0.3 is 0 Å². The zero-order valence-corrected chi connectivity index (χ0v) is 11.1. The van der Waals surface area contributed by atoms with Gasteiger partial charge in [0.05, 0.1) is 5.52 Å². The zero-order chi connectivity index (χ0) is 12.4. The second kappa shape index (κ2) is 5.00. The molecule has 2 heterocycles. The summed E-state index contributed by atoms with van der Waals surface area (Å²) in [5, 5.41) is 11.4. The van der Waals surface area contributed by atoms with Gasteiger partial charge in [0.2, 0.25) is 0 Å². The van der Waals surface area contributed by atoms with Crippen molar-refractivity contribution in [2.75, 3.05) is 5.88 Å². The van der Waals surface area contributed by atoms with Gasteiger partial charge in [-0.05, 0) is 12.1 Å². The molecule has 1 aromatic carbocycles. The molecule has 0 saturated heterocycles. The van der Waals surface area contributed by atoms with Crippen LogP contribution < -0.4 is 0 Å². The molecule has 0 bridgehead atoms. The minimum atomic E-state index is 0.575. The summed E-state index contributed by atoms with van der Waals surface area (Å²) in [5.41, 5.74) is 2.06. The van der Waals surface area contributed by atoms with Gasteiger partial charge in [-0.3, -0.25) is 4.98 Å². The first-order chi connectivity index (χ1) is 8.88. The number of hydrogen-bond donors (Lipinski definition) is 0. The molecule has 0 amide bonds. The molecule has 3 aromatic rings. The van der Waals surface area contributed by atoms with Crippen LogP contribution in [0.2, 0.25) is 0 Å². The van der Waals surface area contributed by atoms with Crippen molar-refractivity contribution >= 4 is 33.8 Å². The summed E-state index contributed by atoms with van der Waals surface area (Å²) in [7, 11) is 0. The fraction of sp³-hybridized carbons (Fsp3) is 0.154. The summed E-state index contributed by atoms with van der Waals surface area (Å²) in [4.78, 5) is 4.35. The third kappa shape index (κ3) is 2.09. The van der Waals surface area contributed by atoms with E-state index in [1.807, 2.05) is 18.2 Å². The summed E-state index contributed by atoms with van der Waals surface area (Å²) in [6.07, 6.45) is 2.56. The van der Waals surface area contributed by atoms with Crippen molar-refractivity contribution in [1.29, 1.82) is 0 Å². The number of benzene rings is 1. The Bertz CT molecular complexity index is 675. The molecule has 0 saturated carbocycles. The number of rotatable bonds is 3. The van der Waals surface area contributed by atoms with E-state index in [0.29, 0.717) is 5.88 Å². The lowest BCUT2D eigenvalue weighted by molar-refractivity contribution is 0.990. The van der Waals surface area contributed by atoms with E-state index < -0.39 is 0 Å². The summed E-state index contributed by atoms with van der Waals surface area (Å²) in [6, 6.07) is 10.0. The highest BCUT2D eigenvalue weighted by Crippen LogP contribution is 2.29. The van der Waals surface area contributed by atoms with Crippen molar-refractivity contribution in [2.45, 2.75) is 6.42 Å². The Kier molecular flexibility index (Phi) is 3.21. The Morgan fingerprint density at radius 3 is 2.94 bits per heavy atom. The highest BCUT2D eigenvalue weighted by atomic mass is 35.5. The molecule has 0 radical (unpaired) electrons. The van der Waals surface area contributed by atoms with Crippen molar-refractivity contribution in [1.82, 2.24) is 15.2 Å². The SMILES string of the molecule is ClCCc1nnc(-c2cccc3ncccc23)s1. The Hall–Kier alpha value is -1.52. The largest absolute Gasteiger partial charge is 0.256 e.